The van der Waals surface area contributed by atoms with Gasteiger partial charge < -0.3 is 14.3 Å². The predicted molar refractivity (Wildman–Crippen MR) is 177 cm³/mol. The Morgan fingerprint density at radius 2 is 1.78 bits per heavy atom. The largest absolute Gasteiger partial charge is 0.515 e. The fourth-order valence-electron chi connectivity index (χ4n) is 6.22. The number of hydrogen-bond acceptors (Lipinski definition) is 11. The van der Waals surface area contributed by atoms with Crippen LogP contribution in [0.2, 0.25) is 0 Å². The van der Waals surface area contributed by atoms with Crippen LogP contribution in [-0.2, 0) is 27.5 Å². The van der Waals surface area contributed by atoms with Gasteiger partial charge in [0.25, 0.3) is 11.0 Å². The van der Waals surface area contributed by atoms with Gasteiger partial charge >= 0.3 is 6.16 Å². The topological polar surface area (TPSA) is 164 Å². The Morgan fingerprint density at radius 1 is 1.02 bits per heavy atom. The molecule has 1 aliphatic heterocycles. The first-order chi connectivity index (χ1) is 23.7. The highest BCUT2D eigenvalue weighted by Crippen LogP contribution is 2.40. The van der Waals surface area contributed by atoms with Gasteiger partial charge in [-0.2, -0.15) is 0 Å². The summed E-state index contributed by atoms with van der Waals surface area (Å²) in [6.07, 6.45) is 4.64. The molecule has 14 heteroatoms. The van der Waals surface area contributed by atoms with Crippen LogP contribution in [0.5, 0.6) is 5.75 Å². The number of hydrogen-bond donors (Lipinski definition) is 0. The second-order valence-electron chi connectivity index (χ2n) is 12.2. The Kier molecular flexibility index (Phi) is 9.92. The van der Waals surface area contributed by atoms with Crippen molar-refractivity contribution in [2.75, 3.05) is 0 Å². The van der Waals surface area contributed by atoms with E-state index in [1.54, 1.807) is 19.1 Å². The average molecular weight is 668 g/mol. The molecule has 3 aromatic carbocycles. The summed E-state index contributed by atoms with van der Waals surface area (Å²) in [7, 11) is 0. The maximum absolute atomic E-state index is 13.6. The van der Waals surface area contributed by atoms with E-state index in [1.165, 1.54) is 16.9 Å². The molecule has 1 aromatic heterocycles. The number of amidine groups is 1. The summed E-state index contributed by atoms with van der Waals surface area (Å²) in [6, 6.07) is 21.9. The van der Waals surface area contributed by atoms with Gasteiger partial charge in [-0.05, 0) is 65.8 Å². The lowest BCUT2D eigenvalue weighted by atomic mass is 9.97. The normalized spacial score (nSPS) is 15.7. The van der Waals surface area contributed by atoms with E-state index >= 15 is 0 Å². The van der Waals surface area contributed by atoms with Gasteiger partial charge in [-0.1, -0.05) is 86.8 Å². The van der Waals surface area contributed by atoms with Gasteiger partial charge in [0, 0.05) is 12.0 Å². The summed E-state index contributed by atoms with van der Waals surface area (Å²) in [5.41, 5.74) is 3.46. The molecule has 0 radical (unpaired) electrons. The van der Waals surface area contributed by atoms with Crippen LogP contribution < -0.4 is 4.74 Å². The molecule has 1 unspecified atom stereocenters. The lowest BCUT2D eigenvalue weighted by Gasteiger charge is -2.23. The molecule has 0 bridgehead atoms. The van der Waals surface area contributed by atoms with Gasteiger partial charge in [0.15, 0.2) is 0 Å². The number of carbonyl (C=O) groups is 2. The second kappa shape index (κ2) is 14.6. The highest BCUT2D eigenvalue weighted by Gasteiger charge is 2.49. The van der Waals surface area contributed by atoms with Crippen molar-refractivity contribution in [1.29, 1.82) is 0 Å². The minimum absolute atomic E-state index is 0.128. The summed E-state index contributed by atoms with van der Waals surface area (Å²) in [6.45, 7) is 3.91. The van der Waals surface area contributed by atoms with Crippen molar-refractivity contribution in [2.45, 2.75) is 83.7 Å². The predicted octanol–water partition coefficient (Wildman–Crippen LogP) is 6.69. The molecule has 4 aromatic rings. The van der Waals surface area contributed by atoms with Crippen LogP contribution in [0.1, 0.15) is 76.1 Å². The van der Waals surface area contributed by atoms with E-state index in [2.05, 4.69) is 27.2 Å². The van der Waals surface area contributed by atoms with E-state index in [4.69, 9.17) is 14.5 Å². The fraction of sp³-hybridized carbons (Fsp3) is 0.371. The van der Waals surface area contributed by atoms with Crippen LogP contribution in [-0.4, -0.2) is 53.6 Å². The zero-order chi connectivity index (χ0) is 34.4. The van der Waals surface area contributed by atoms with E-state index in [-0.39, 0.29) is 18.3 Å². The molecular formula is C35H37N7O7. The number of rotatable bonds is 13. The van der Waals surface area contributed by atoms with Crippen molar-refractivity contribution in [3.8, 4) is 28.3 Å². The van der Waals surface area contributed by atoms with Crippen molar-refractivity contribution in [3.05, 3.63) is 94.0 Å². The van der Waals surface area contributed by atoms with Crippen LogP contribution in [0, 0.1) is 10.1 Å². The number of aromatic nitrogens is 4. The van der Waals surface area contributed by atoms with Gasteiger partial charge in [0.2, 0.25) is 12.1 Å². The molecule has 1 aliphatic carbocycles. The number of nitrogens with zero attached hydrogens (tertiary/aromatic N) is 7. The zero-order valence-electron chi connectivity index (χ0n) is 27.4. The molecule has 1 saturated carbocycles. The second-order valence-corrected chi connectivity index (χ2v) is 12.2. The number of tetrazole rings is 1. The lowest BCUT2D eigenvalue weighted by Crippen LogP contribution is -2.40. The molecule has 2 aliphatic rings. The van der Waals surface area contributed by atoms with Gasteiger partial charge in [-0.25, -0.2) is 4.79 Å². The average Bonchev–Trinajstić information content (AvgIpc) is 3.85. The minimum atomic E-state index is -1.02. The quantitative estimate of drug-likeness (QED) is 0.0649. The van der Waals surface area contributed by atoms with E-state index in [0.717, 1.165) is 73.0 Å². The highest BCUT2D eigenvalue weighted by atomic mass is 16.9. The van der Waals surface area contributed by atoms with Gasteiger partial charge in [0.05, 0.1) is 6.54 Å². The first kappa shape index (κ1) is 33.2. The van der Waals surface area contributed by atoms with E-state index in [1.807, 2.05) is 53.4 Å². The first-order valence-corrected chi connectivity index (χ1v) is 16.4. The Balaban J connectivity index is 1.12. The smallest absolute Gasteiger partial charge is 0.407 e. The molecule has 1 amide bonds. The molecule has 1 atom stereocenters. The number of unbranched alkanes of at least 4 members (excludes halogenated alkanes) is 1. The molecular weight excluding hydrogens is 630 g/mol. The Bertz CT molecular complexity index is 1850. The van der Waals surface area contributed by atoms with Crippen LogP contribution in [0.3, 0.4) is 0 Å². The molecule has 254 valence electrons. The first-order valence-electron chi connectivity index (χ1n) is 16.4. The van der Waals surface area contributed by atoms with Crippen LogP contribution >= 0.6 is 0 Å². The number of carbonyl (C=O) groups excluding carboxylic acids is 2. The maximum atomic E-state index is 13.6. The standard InChI is InChI=1S/C35H37N7O7/c1-3-4-14-31-36-35(19-7-8-20-35)33(43)40(31)22-25-15-17-27(18-16-25)29-12-5-6-13-30(29)32-37-39-41(38-32)24(2)48-34(44)49-28-11-9-10-26(21-28)23-47-42(45)46/h5-6,9-13,15-18,21,24H,3-4,7-8,14,19-20,22-23H2,1-2H3. The van der Waals surface area contributed by atoms with Crippen molar-refractivity contribution in [2.24, 2.45) is 4.99 Å². The Morgan fingerprint density at radius 3 is 2.51 bits per heavy atom. The molecule has 49 heavy (non-hydrogen) atoms. The van der Waals surface area contributed by atoms with Gasteiger partial charge in [-0.15, -0.1) is 25.1 Å². The van der Waals surface area contributed by atoms with Crippen molar-refractivity contribution in [1.82, 2.24) is 25.1 Å². The zero-order valence-corrected chi connectivity index (χ0v) is 27.4. The number of ether oxygens (including phenoxy) is 2. The Labute approximate surface area is 282 Å². The third-order valence-corrected chi connectivity index (χ3v) is 8.71. The number of aliphatic imine (C=N–C) groups is 1. The van der Waals surface area contributed by atoms with Crippen molar-refractivity contribution in [3.63, 3.8) is 0 Å². The Hall–Kier alpha value is -5.66. The van der Waals surface area contributed by atoms with Crippen LogP contribution in [0.4, 0.5) is 4.79 Å². The summed E-state index contributed by atoms with van der Waals surface area (Å²) >= 11 is 0. The monoisotopic (exact) mass is 667 g/mol. The summed E-state index contributed by atoms with van der Waals surface area (Å²) in [4.78, 5) is 48.9. The van der Waals surface area contributed by atoms with Crippen LogP contribution in [0.15, 0.2) is 77.8 Å². The van der Waals surface area contributed by atoms with E-state index in [0.29, 0.717) is 17.9 Å². The molecule has 6 rings (SSSR count). The molecule has 14 nitrogen and oxygen atoms in total. The SMILES string of the molecule is CCCCC1=NC2(CCCC2)C(=O)N1Cc1ccc(-c2ccccc2-c2nnn(C(C)OC(=O)Oc3cccc(CO[N+](=O)[O-])c3)n2)cc1. The summed E-state index contributed by atoms with van der Waals surface area (Å²) in [5, 5.41) is 22.3. The summed E-state index contributed by atoms with van der Waals surface area (Å²) in [5.74, 6) is 1.52. The maximum Gasteiger partial charge on any atom is 0.515 e. The molecule has 2 heterocycles. The minimum Gasteiger partial charge on any atom is -0.407 e. The van der Waals surface area contributed by atoms with E-state index < -0.39 is 23.0 Å². The molecule has 0 N–H and O–H groups in total. The third-order valence-electron chi connectivity index (χ3n) is 8.71. The fourth-order valence-corrected chi connectivity index (χ4v) is 6.22. The van der Waals surface area contributed by atoms with E-state index in [9.17, 15) is 19.7 Å². The highest BCUT2D eigenvalue weighted by molar-refractivity contribution is 6.08. The van der Waals surface area contributed by atoms with Gasteiger partial charge in [-0.3, -0.25) is 14.7 Å². The third kappa shape index (κ3) is 7.58. The van der Waals surface area contributed by atoms with Crippen molar-refractivity contribution < 1.29 is 29.0 Å². The van der Waals surface area contributed by atoms with Crippen LogP contribution in [0.25, 0.3) is 22.5 Å². The number of amides is 1. The van der Waals surface area contributed by atoms with Gasteiger partial charge in [0.1, 0.15) is 23.7 Å². The molecule has 1 fully saturated rings. The molecule has 1 spiro atoms. The number of benzene rings is 3. The molecule has 0 saturated heterocycles. The van der Waals surface area contributed by atoms with Crippen molar-refractivity contribution >= 4 is 17.9 Å². The lowest BCUT2D eigenvalue weighted by molar-refractivity contribution is -0.763. The summed E-state index contributed by atoms with van der Waals surface area (Å²) < 4.78 is 10.6.